The molecule has 0 aromatic carbocycles. The Bertz CT molecular complexity index is 797. The highest BCUT2D eigenvalue weighted by molar-refractivity contribution is 7.87. The van der Waals surface area contributed by atoms with Crippen LogP contribution in [0.5, 0.6) is 0 Å². The van der Waals surface area contributed by atoms with Crippen molar-refractivity contribution in [3.05, 3.63) is 0 Å². The van der Waals surface area contributed by atoms with Crippen molar-refractivity contribution in [3.8, 4) is 0 Å². The Morgan fingerprint density at radius 3 is 1.42 bits per heavy atom. The molecule has 18 heteroatoms. The third kappa shape index (κ3) is 6.39. The fourth-order valence-electron chi connectivity index (χ4n) is 1.41. The molecule has 0 fully saturated rings. The van der Waals surface area contributed by atoms with Gasteiger partial charge in [-0.25, -0.2) is 13.2 Å². The highest BCUT2D eigenvalue weighted by Crippen LogP contribution is 2.30. The van der Waals surface area contributed by atoms with Crippen LogP contribution in [0.2, 0.25) is 0 Å². The van der Waals surface area contributed by atoms with E-state index in [0.717, 1.165) is 13.8 Å². The molecule has 0 aliphatic rings. The van der Waals surface area contributed by atoms with E-state index in [2.05, 4.69) is 16.7 Å². The number of rotatable bonds is 12. The zero-order valence-corrected chi connectivity index (χ0v) is 15.4. The standard InChI is InChI=1S/C8H14O15S3/c1-3-20-25(16,17)22-8(7(11)12,23-26(18,19)21-4-2)5(6(9)10)24(13,14)15/h5H,3-4H2,1-2H3,(H,9,10)(H,11,12)(H,13,14,15). The van der Waals surface area contributed by atoms with Crippen LogP contribution in [0.15, 0.2) is 0 Å². The average molecular weight is 446 g/mol. The normalized spacial score (nSPS) is 14.7. The number of aliphatic carboxylic acids is 2. The number of hydrogen-bond acceptors (Lipinski definition) is 12. The molecule has 0 saturated heterocycles. The molecule has 0 aliphatic heterocycles. The fourth-order valence-corrected chi connectivity index (χ4v) is 4.10. The summed E-state index contributed by atoms with van der Waals surface area (Å²) in [5.74, 6) is -10.1. The van der Waals surface area contributed by atoms with Gasteiger partial charge in [-0.2, -0.15) is 33.6 Å². The Morgan fingerprint density at radius 2 is 1.23 bits per heavy atom. The predicted molar refractivity (Wildman–Crippen MR) is 76.6 cm³/mol. The first-order valence-electron chi connectivity index (χ1n) is 6.17. The Balaban J connectivity index is 6.80. The van der Waals surface area contributed by atoms with Gasteiger partial charge < -0.3 is 10.2 Å². The van der Waals surface area contributed by atoms with Gasteiger partial charge in [0.2, 0.25) is 0 Å². The van der Waals surface area contributed by atoms with E-state index in [9.17, 15) is 34.8 Å². The lowest BCUT2D eigenvalue weighted by Gasteiger charge is -2.29. The fraction of sp³-hybridized carbons (Fsp3) is 0.750. The zero-order valence-electron chi connectivity index (χ0n) is 13.0. The van der Waals surface area contributed by atoms with Crippen molar-refractivity contribution in [1.29, 1.82) is 0 Å². The van der Waals surface area contributed by atoms with Gasteiger partial charge in [0.15, 0.2) is 0 Å². The summed E-state index contributed by atoms with van der Waals surface area (Å²) in [4.78, 5) is 22.6. The molecule has 0 aliphatic carbocycles. The Kier molecular flexibility index (Phi) is 8.06. The van der Waals surface area contributed by atoms with E-state index in [0.29, 0.717) is 0 Å². The molecule has 0 radical (unpaired) electrons. The maximum atomic E-state index is 11.6. The topological polar surface area (TPSA) is 234 Å². The van der Waals surface area contributed by atoms with E-state index in [1.54, 1.807) is 0 Å². The van der Waals surface area contributed by atoms with Crippen molar-refractivity contribution in [2.75, 3.05) is 13.2 Å². The summed E-state index contributed by atoms with van der Waals surface area (Å²) in [5.41, 5.74) is 0. The largest absolute Gasteiger partial charge is 0.480 e. The maximum absolute atomic E-state index is 11.6. The molecule has 26 heavy (non-hydrogen) atoms. The van der Waals surface area contributed by atoms with Gasteiger partial charge >= 0.3 is 38.5 Å². The molecule has 3 N–H and O–H groups in total. The van der Waals surface area contributed by atoms with Crippen molar-refractivity contribution in [1.82, 2.24) is 0 Å². The van der Waals surface area contributed by atoms with Gasteiger partial charge in [-0.15, -0.1) is 0 Å². The summed E-state index contributed by atoms with van der Waals surface area (Å²) >= 11 is 0. The van der Waals surface area contributed by atoms with Gasteiger partial charge in [0, 0.05) is 0 Å². The summed E-state index contributed by atoms with van der Waals surface area (Å²) in [6.45, 7) is 0.691. The van der Waals surface area contributed by atoms with Gasteiger partial charge in [-0.1, -0.05) is 0 Å². The molecule has 0 aromatic rings. The Morgan fingerprint density at radius 1 is 0.885 bits per heavy atom. The van der Waals surface area contributed by atoms with Gasteiger partial charge in [0.05, 0.1) is 13.2 Å². The highest BCUT2D eigenvalue weighted by Gasteiger charge is 2.65. The second kappa shape index (κ2) is 8.52. The summed E-state index contributed by atoms with van der Waals surface area (Å²) in [7, 11) is -17.1. The number of carboxylic acid groups (broad SMARTS) is 2. The summed E-state index contributed by atoms with van der Waals surface area (Å²) < 4.78 is 93.3. The minimum absolute atomic E-state index is 0.708. The van der Waals surface area contributed by atoms with Crippen LogP contribution in [-0.2, 0) is 57.2 Å². The first-order chi connectivity index (χ1) is 11.5. The maximum Gasteiger partial charge on any atom is 0.403 e. The second-order valence-corrected chi connectivity index (χ2v) is 7.94. The van der Waals surface area contributed by atoms with Crippen LogP contribution in [0.4, 0.5) is 0 Å². The van der Waals surface area contributed by atoms with Crippen molar-refractivity contribution in [2.24, 2.45) is 0 Å². The van der Waals surface area contributed by atoms with Gasteiger partial charge in [0.1, 0.15) is 0 Å². The van der Waals surface area contributed by atoms with E-state index in [-0.39, 0.29) is 0 Å². The molecule has 0 saturated carbocycles. The first kappa shape index (κ1) is 24.6. The molecular weight excluding hydrogens is 432 g/mol. The third-order valence-corrected chi connectivity index (χ3v) is 5.20. The first-order valence-corrected chi connectivity index (χ1v) is 10.3. The van der Waals surface area contributed by atoms with Crippen molar-refractivity contribution in [2.45, 2.75) is 24.9 Å². The van der Waals surface area contributed by atoms with Crippen molar-refractivity contribution in [3.63, 3.8) is 0 Å². The minimum Gasteiger partial charge on any atom is -0.480 e. The Hall–Kier alpha value is -1.41. The number of carbonyl (C=O) groups is 2. The average Bonchev–Trinajstić information content (AvgIpc) is 2.33. The molecule has 15 nitrogen and oxygen atoms in total. The molecule has 0 spiro atoms. The van der Waals surface area contributed by atoms with E-state index in [4.69, 9.17) is 14.8 Å². The van der Waals surface area contributed by atoms with Crippen LogP contribution >= 0.6 is 0 Å². The number of carboxylic acids is 2. The Labute approximate surface area is 147 Å². The van der Waals surface area contributed by atoms with Crippen LogP contribution in [-0.4, -0.2) is 76.2 Å². The SMILES string of the molecule is CCOS(=O)(=O)OC(OS(=O)(=O)OCC)(C(=O)O)C(C(=O)O)S(=O)(=O)O. The van der Waals surface area contributed by atoms with Crippen molar-refractivity contribution < 1.29 is 66.3 Å². The van der Waals surface area contributed by atoms with Crippen LogP contribution in [0.3, 0.4) is 0 Å². The molecule has 0 heterocycles. The predicted octanol–water partition coefficient (Wildman–Crippen LogP) is -2.30. The number of hydrogen-bond donors (Lipinski definition) is 3. The van der Waals surface area contributed by atoms with Crippen LogP contribution in [0.25, 0.3) is 0 Å². The summed E-state index contributed by atoms with van der Waals surface area (Å²) in [6, 6.07) is 0. The molecule has 154 valence electrons. The van der Waals surface area contributed by atoms with Crippen molar-refractivity contribution >= 4 is 42.9 Å². The molecule has 1 atom stereocenters. The van der Waals surface area contributed by atoms with E-state index in [1.165, 1.54) is 0 Å². The van der Waals surface area contributed by atoms with Gasteiger partial charge in [-0.05, 0) is 13.8 Å². The van der Waals surface area contributed by atoms with E-state index < -0.39 is 67.1 Å². The molecule has 0 amide bonds. The summed E-state index contributed by atoms with van der Waals surface area (Å²) in [5, 5.41) is 14.3. The molecule has 0 aromatic heterocycles. The third-order valence-electron chi connectivity index (χ3n) is 2.14. The van der Waals surface area contributed by atoms with E-state index in [1.807, 2.05) is 0 Å². The lowest BCUT2D eigenvalue weighted by atomic mass is 10.2. The monoisotopic (exact) mass is 446 g/mol. The van der Waals surface area contributed by atoms with Crippen LogP contribution < -0.4 is 0 Å². The van der Waals surface area contributed by atoms with Crippen LogP contribution in [0.1, 0.15) is 13.8 Å². The highest BCUT2D eigenvalue weighted by atomic mass is 32.3. The molecule has 1 unspecified atom stereocenters. The lowest BCUT2D eigenvalue weighted by molar-refractivity contribution is -0.192. The molecular formula is C8H14O15S3. The van der Waals surface area contributed by atoms with Crippen LogP contribution in [0, 0.1) is 0 Å². The van der Waals surface area contributed by atoms with Gasteiger partial charge in [-0.3, -0.25) is 9.35 Å². The van der Waals surface area contributed by atoms with Gasteiger partial charge in [0.25, 0.3) is 15.4 Å². The second-order valence-electron chi connectivity index (χ2n) is 4.00. The zero-order chi connectivity index (χ0) is 21.0. The van der Waals surface area contributed by atoms with E-state index >= 15 is 0 Å². The summed E-state index contributed by atoms with van der Waals surface area (Å²) in [6.07, 6.45) is 0. The molecule has 0 bridgehead atoms. The quantitative estimate of drug-likeness (QED) is 0.211. The minimum atomic E-state index is -6.01. The smallest absolute Gasteiger partial charge is 0.403 e. The molecule has 0 rings (SSSR count). The lowest BCUT2D eigenvalue weighted by Crippen LogP contribution is -2.61.